The van der Waals surface area contributed by atoms with Crippen molar-refractivity contribution >= 4 is 35.2 Å². The van der Waals surface area contributed by atoms with Gasteiger partial charge in [-0.05, 0) is 24.1 Å². The molecule has 1 rings (SSSR count). The number of aryl methyl sites for hydroxylation is 1. The molecule has 0 saturated heterocycles. The fourth-order valence-corrected chi connectivity index (χ4v) is 2.91. The molecule has 2 N–H and O–H groups in total. The van der Waals surface area contributed by atoms with Crippen molar-refractivity contribution in [2.75, 3.05) is 5.75 Å². The molecule has 0 aliphatic heterocycles. The molecule has 0 saturated carbocycles. The Morgan fingerprint density at radius 2 is 2.16 bits per heavy atom. The lowest BCUT2D eigenvalue weighted by Gasteiger charge is -2.13. The summed E-state index contributed by atoms with van der Waals surface area (Å²) >= 11 is 7.52. The third kappa shape index (κ3) is 5.53. The number of carboxylic acid groups (broad SMARTS) is 1. The van der Waals surface area contributed by atoms with E-state index in [2.05, 4.69) is 5.32 Å². The van der Waals surface area contributed by atoms with Crippen LogP contribution in [0.2, 0.25) is 5.02 Å². The summed E-state index contributed by atoms with van der Waals surface area (Å²) in [4.78, 5) is 21.8. The number of aliphatic carboxylic acids is 1. The highest BCUT2D eigenvalue weighted by atomic mass is 35.5. The van der Waals surface area contributed by atoms with Crippen molar-refractivity contribution in [3.05, 3.63) is 34.3 Å². The Morgan fingerprint density at radius 1 is 1.47 bits per heavy atom. The molecule has 19 heavy (non-hydrogen) atoms. The lowest BCUT2D eigenvalue weighted by Crippen LogP contribution is -2.41. The van der Waals surface area contributed by atoms with Crippen molar-refractivity contribution in [3.63, 3.8) is 0 Å². The van der Waals surface area contributed by atoms with E-state index < -0.39 is 12.0 Å². The summed E-state index contributed by atoms with van der Waals surface area (Å²) in [7, 11) is 0. The number of thioether (sulfide) groups is 1. The van der Waals surface area contributed by atoms with Gasteiger partial charge in [-0.1, -0.05) is 23.7 Å². The van der Waals surface area contributed by atoms with E-state index in [1.54, 1.807) is 0 Å². The van der Waals surface area contributed by atoms with E-state index in [-0.39, 0.29) is 5.91 Å². The van der Waals surface area contributed by atoms with Gasteiger partial charge in [0, 0.05) is 23.5 Å². The first-order valence-electron chi connectivity index (χ1n) is 5.73. The van der Waals surface area contributed by atoms with Gasteiger partial charge in [-0.2, -0.15) is 11.8 Å². The summed E-state index contributed by atoms with van der Waals surface area (Å²) in [6.45, 7) is 3.26. The number of carboxylic acids is 1. The Kier molecular flexibility index (Phi) is 6.18. The average Bonchev–Trinajstić information content (AvgIpc) is 2.29. The van der Waals surface area contributed by atoms with Gasteiger partial charge in [0.2, 0.25) is 5.91 Å². The Bertz CT molecular complexity index is 479. The minimum absolute atomic E-state index is 0.305. The zero-order valence-corrected chi connectivity index (χ0v) is 12.3. The van der Waals surface area contributed by atoms with Crippen molar-refractivity contribution in [1.82, 2.24) is 5.32 Å². The first-order valence-corrected chi connectivity index (χ1v) is 7.26. The highest BCUT2D eigenvalue weighted by molar-refractivity contribution is 7.98. The van der Waals surface area contributed by atoms with Gasteiger partial charge in [-0.25, -0.2) is 4.79 Å². The van der Waals surface area contributed by atoms with E-state index in [4.69, 9.17) is 16.7 Å². The lowest BCUT2D eigenvalue weighted by molar-refractivity contribution is -0.140. The molecule has 0 bridgehead atoms. The molecule has 4 nitrogen and oxygen atoms in total. The van der Waals surface area contributed by atoms with E-state index in [1.807, 2.05) is 25.1 Å². The van der Waals surface area contributed by atoms with Crippen LogP contribution < -0.4 is 5.32 Å². The molecule has 0 aliphatic rings. The van der Waals surface area contributed by atoms with E-state index in [0.29, 0.717) is 16.5 Å². The van der Waals surface area contributed by atoms with Crippen LogP contribution in [-0.4, -0.2) is 28.8 Å². The normalized spacial score (nSPS) is 11.9. The Labute approximate surface area is 121 Å². The van der Waals surface area contributed by atoms with Crippen molar-refractivity contribution < 1.29 is 14.7 Å². The van der Waals surface area contributed by atoms with Crippen LogP contribution in [0.5, 0.6) is 0 Å². The van der Waals surface area contributed by atoms with Crippen molar-refractivity contribution in [2.24, 2.45) is 0 Å². The van der Waals surface area contributed by atoms with Gasteiger partial charge in [-0.3, -0.25) is 4.79 Å². The largest absolute Gasteiger partial charge is 0.480 e. The van der Waals surface area contributed by atoms with Crippen LogP contribution in [0.25, 0.3) is 0 Å². The maximum atomic E-state index is 10.9. The highest BCUT2D eigenvalue weighted by Gasteiger charge is 2.18. The number of carbonyl (C=O) groups excluding carboxylic acids is 1. The number of hydrogen-bond donors (Lipinski definition) is 2. The molecular weight excluding hydrogens is 286 g/mol. The van der Waals surface area contributed by atoms with E-state index in [9.17, 15) is 9.59 Å². The molecule has 0 radical (unpaired) electrons. The molecule has 0 spiro atoms. The van der Waals surface area contributed by atoms with Gasteiger partial charge >= 0.3 is 5.97 Å². The smallest absolute Gasteiger partial charge is 0.327 e. The van der Waals surface area contributed by atoms with E-state index in [1.165, 1.54) is 18.7 Å². The van der Waals surface area contributed by atoms with Gasteiger partial charge < -0.3 is 10.4 Å². The Morgan fingerprint density at radius 3 is 2.68 bits per heavy atom. The predicted molar refractivity (Wildman–Crippen MR) is 77.6 cm³/mol. The molecule has 6 heteroatoms. The average molecular weight is 302 g/mol. The second-order valence-electron chi connectivity index (χ2n) is 4.20. The minimum Gasteiger partial charge on any atom is -0.480 e. The van der Waals surface area contributed by atoms with E-state index >= 15 is 0 Å². The first kappa shape index (κ1) is 15.9. The van der Waals surface area contributed by atoms with Crippen molar-refractivity contribution in [3.8, 4) is 0 Å². The molecule has 104 valence electrons. The number of hydrogen-bond acceptors (Lipinski definition) is 3. The van der Waals surface area contributed by atoms with Gasteiger partial charge in [0.25, 0.3) is 0 Å². The van der Waals surface area contributed by atoms with E-state index in [0.717, 1.165) is 11.1 Å². The van der Waals surface area contributed by atoms with Gasteiger partial charge in [-0.15, -0.1) is 0 Å². The maximum absolute atomic E-state index is 10.9. The summed E-state index contributed by atoms with van der Waals surface area (Å²) in [5, 5.41) is 12.0. The Balaban J connectivity index is 2.52. The SMILES string of the molecule is CC(=O)N[C@@H](CSCc1ccc(C)cc1Cl)C(=O)O. The summed E-state index contributed by atoms with van der Waals surface area (Å²) in [5.41, 5.74) is 2.05. The first-order chi connectivity index (χ1) is 8.90. The minimum atomic E-state index is -1.03. The summed E-state index contributed by atoms with van der Waals surface area (Å²) in [6, 6.07) is 4.90. The van der Waals surface area contributed by atoms with Gasteiger partial charge in [0.05, 0.1) is 0 Å². The fourth-order valence-electron chi connectivity index (χ4n) is 1.48. The molecule has 0 fully saturated rings. The van der Waals surface area contributed by atoms with Crippen LogP contribution in [-0.2, 0) is 15.3 Å². The quantitative estimate of drug-likeness (QED) is 0.847. The zero-order chi connectivity index (χ0) is 14.4. The van der Waals surface area contributed by atoms with Gasteiger partial charge in [0.15, 0.2) is 0 Å². The number of rotatable bonds is 6. The molecular formula is C13H16ClNO3S. The molecule has 1 atom stereocenters. The zero-order valence-electron chi connectivity index (χ0n) is 10.8. The van der Waals surface area contributed by atoms with Crippen molar-refractivity contribution in [1.29, 1.82) is 0 Å². The Hall–Kier alpha value is -1.20. The second-order valence-corrected chi connectivity index (χ2v) is 5.64. The number of benzene rings is 1. The highest BCUT2D eigenvalue weighted by Crippen LogP contribution is 2.22. The monoisotopic (exact) mass is 301 g/mol. The third-order valence-electron chi connectivity index (χ3n) is 2.43. The molecule has 1 aromatic carbocycles. The molecule has 0 unspecified atom stereocenters. The standard InChI is InChI=1S/C13H16ClNO3S/c1-8-3-4-10(11(14)5-8)6-19-7-12(13(17)18)15-9(2)16/h3-5,12H,6-7H2,1-2H3,(H,15,16)(H,17,18)/t12-/m0/s1. The molecule has 0 heterocycles. The number of carbonyl (C=O) groups is 2. The maximum Gasteiger partial charge on any atom is 0.327 e. The van der Waals surface area contributed by atoms with Crippen LogP contribution >= 0.6 is 23.4 Å². The summed E-state index contributed by atoms with van der Waals surface area (Å²) in [5.74, 6) is -0.458. The van der Waals surface area contributed by atoms with Crippen molar-refractivity contribution in [2.45, 2.75) is 25.6 Å². The van der Waals surface area contributed by atoms with Crippen LogP contribution in [0, 0.1) is 6.92 Å². The summed E-state index contributed by atoms with van der Waals surface area (Å²) in [6.07, 6.45) is 0. The number of amides is 1. The molecule has 1 amide bonds. The van der Waals surface area contributed by atoms with Crippen LogP contribution in [0.3, 0.4) is 0 Å². The lowest BCUT2D eigenvalue weighted by atomic mass is 10.2. The number of nitrogens with one attached hydrogen (secondary N) is 1. The summed E-state index contributed by atoms with van der Waals surface area (Å²) < 4.78 is 0. The third-order valence-corrected chi connectivity index (χ3v) is 3.86. The number of halogens is 1. The van der Waals surface area contributed by atoms with Gasteiger partial charge in [0.1, 0.15) is 6.04 Å². The van der Waals surface area contributed by atoms with Crippen LogP contribution in [0.15, 0.2) is 18.2 Å². The molecule has 1 aromatic rings. The fraction of sp³-hybridized carbons (Fsp3) is 0.385. The topological polar surface area (TPSA) is 66.4 Å². The predicted octanol–water partition coefficient (Wildman–Crippen LogP) is 2.47. The second kappa shape index (κ2) is 7.40. The van der Waals surface area contributed by atoms with Crippen LogP contribution in [0.4, 0.5) is 0 Å². The molecule has 0 aromatic heterocycles. The molecule has 0 aliphatic carbocycles. The van der Waals surface area contributed by atoms with Crippen LogP contribution in [0.1, 0.15) is 18.1 Å².